The van der Waals surface area contributed by atoms with Crippen LogP contribution < -0.4 is 0 Å². The van der Waals surface area contributed by atoms with Crippen LogP contribution in [0.15, 0.2) is 24.5 Å². The van der Waals surface area contributed by atoms with Crippen LogP contribution in [-0.4, -0.2) is 40.8 Å². The zero-order valence-corrected chi connectivity index (χ0v) is 13.1. The van der Waals surface area contributed by atoms with Crippen LogP contribution in [0.2, 0.25) is 0 Å². The Morgan fingerprint density at radius 2 is 2.04 bits per heavy atom. The zero-order valence-electron chi connectivity index (χ0n) is 13.1. The van der Waals surface area contributed by atoms with Crippen molar-refractivity contribution < 1.29 is 9.90 Å². The number of aromatic nitrogens is 6. The fourth-order valence-electron chi connectivity index (χ4n) is 2.76. The van der Waals surface area contributed by atoms with Gasteiger partial charge in [0.05, 0.1) is 11.3 Å². The highest BCUT2D eigenvalue weighted by molar-refractivity contribution is 6.06. The fourth-order valence-corrected chi connectivity index (χ4v) is 2.76. The van der Waals surface area contributed by atoms with Crippen LogP contribution >= 0.6 is 0 Å². The molecule has 0 aliphatic heterocycles. The largest absolute Gasteiger partial charge is 0.478 e. The minimum atomic E-state index is -1.02. The number of aromatic carboxylic acids is 1. The average molecular weight is 322 g/mol. The Morgan fingerprint density at radius 3 is 2.79 bits per heavy atom. The standard InChI is InChI=1S/C16H14N6O2/c1-3-22-12(4-8(2)21-22)15-18-7-11-10-5-9(16(23)24)6-17-13(10)19-14(11)20-15/h4-7H,3H2,1-2H3,(H,23,24)(H,17,18,19,20). The number of hydrogen-bond acceptors (Lipinski definition) is 5. The number of hydrogen-bond donors (Lipinski definition) is 2. The van der Waals surface area contributed by atoms with Crippen LogP contribution in [0.5, 0.6) is 0 Å². The number of carboxylic acids is 1. The minimum absolute atomic E-state index is 0.132. The summed E-state index contributed by atoms with van der Waals surface area (Å²) in [6.45, 7) is 4.66. The normalized spacial score (nSPS) is 11.4. The molecule has 0 aliphatic rings. The molecule has 24 heavy (non-hydrogen) atoms. The number of H-pyrrole nitrogens is 1. The summed E-state index contributed by atoms with van der Waals surface area (Å²) in [6, 6.07) is 3.51. The summed E-state index contributed by atoms with van der Waals surface area (Å²) in [7, 11) is 0. The Labute approximate surface area is 136 Å². The van der Waals surface area contributed by atoms with Crippen molar-refractivity contribution in [2.45, 2.75) is 20.4 Å². The second-order valence-electron chi connectivity index (χ2n) is 5.49. The second-order valence-corrected chi connectivity index (χ2v) is 5.49. The first-order chi connectivity index (χ1) is 11.6. The van der Waals surface area contributed by atoms with Crippen molar-refractivity contribution >= 4 is 28.0 Å². The molecule has 4 heterocycles. The van der Waals surface area contributed by atoms with Gasteiger partial charge in [-0.3, -0.25) is 4.68 Å². The van der Waals surface area contributed by atoms with Gasteiger partial charge in [-0.15, -0.1) is 0 Å². The molecule has 4 aromatic rings. The maximum atomic E-state index is 11.1. The lowest BCUT2D eigenvalue weighted by Crippen LogP contribution is -2.01. The molecule has 0 bridgehead atoms. The van der Waals surface area contributed by atoms with E-state index in [0.29, 0.717) is 22.5 Å². The maximum absolute atomic E-state index is 11.1. The molecule has 0 unspecified atom stereocenters. The number of fused-ring (bicyclic) bond motifs is 3. The summed E-state index contributed by atoms with van der Waals surface area (Å²) < 4.78 is 1.85. The van der Waals surface area contributed by atoms with Gasteiger partial charge in [-0.05, 0) is 26.0 Å². The van der Waals surface area contributed by atoms with Gasteiger partial charge in [0.15, 0.2) is 5.82 Å². The molecule has 0 fully saturated rings. The highest BCUT2D eigenvalue weighted by Gasteiger charge is 2.14. The van der Waals surface area contributed by atoms with Gasteiger partial charge in [-0.25, -0.2) is 19.7 Å². The number of aromatic amines is 1. The molecule has 0 spiro atoms. The van der Waals surface area contributed by atoms with Crippen molar-refractivity contribution in [3.05, 3.63) is 35.8 Å². The fraction of sp³-hybridized carbons (Fsp3) is 0.188. The number of carboxylic acid groups (broad SMARTS) is 1. The number of pyridine rings is 1. The molecule has 4 rings (SSSR count). The van der Waals surface area contributed by atoms with Crippen molar-refractivity contribution in [2.75, 3.05) is 0 Å². The molecule has 0 saturated carbocycles. The number of carbonyl (C=O) groups is 1. The molecular weight excluding hydrogens is 308 g/mol. The third-order valence-corrected chi connectivity index (χ3v) is 3.88. The van der Waals surface area contributed by atoms with E-state index in [9.17, 15) is 4.79 Å². The quantitative estimate of drug-likeness (QED) is 0.599. The summed E-state index contributed by atoms with van der Waals surface area (Å²) in [5.41, 5.74) is 3.08. The number of aryl methyl sites for hydroxylation is 2. The monoisotopic (exact) mass is 322 g/mol. The van der Waals surface area contributed by atoms with Crippen LogP contribution in [0, 0.1) is 6.92 Å². The van der Waals surface area contributed by atoms with E-state index in [4.69, 9.17) is 5.11 Å². The first-order valence-electron chi connectivity index (χ1n) is 7.49. The second kappa shape index (κ2) is 5.12. The Balaban J connectivity index is 1.92. The first kappa shape index (κ1) is 14.3. The van der Waals surface area contributed by atoms with E-state index in [1.807, 2.05) is 24.6 Å². The Kier molecular flexibility index (Phi) is 3.05. The van der Waals surface area contributed by atoms with Gasteiger partial charge in [-0.2, -0.15) is 5.10 Å². The van der Waals surface area contributed by atoms with Crippen LogP contribution in [0.4, 0.5) is 0 Å². The Hall–Kier alpha value is -3.29. The van der Waals surface area contributed by atoms with Crippen LogP contribution in [0.1, 0.15) is 23.0 Å². The number of nitrogens with one attached hydrogen (secondary N) is 1. The van der Waals surface area contributed by atoms with E-state index in [0.717, 1.165) is 23.3 Å². The van der Waals surface area contributed by atoms with Crippen LogP contribution in [-0.2, 0) is 6.54 Å². The third kappa shape index (κ3) is 2.11. The molecule has 120 valence electrons. The highest BCUT2D eigenvalue weighted by atomic mass is 16.4. The topological polar surface area (TPSA) is 110 Å². The van der Waals surface area contributed by atoms with Crippen molar-refractivity contribution in [2.24, 2.45) is 0 Å². The number of nitrogens with zero attached hydrogens (tertiary/aromatic N) is 5. The van der Waals surface area contributed by atoms with Gasteiger partial charge in [-0.1, -0.05) is 0 Å². The van der Waals surface area contributed by atoms with Gasteiger partial charge >= 0.3 is 5.97 Å². The highest BCUT2D eigenvalue weighted by Crippen LogP contribution is 2.25. The van der Waals surface area contributed by atoms with Gasteiger partial charge in [0, 0.05) is 29.7 Å². The van der Waals surface area contributed by atoms with Crippen molar-refractivity contribution in [1.29, 1.82) is 0 Å². The van der Waals surface area contributed by atoms with E-state index in [1.165, 1.54) is 6.20 Å². The van der Waals surface area contributed by atoms with Gasteiger partial charge in [0.1, 0.15) is 17.0 Å². The summed E-state index contributed by atoms with van der Waals surface area (Å²) in [6.07, 6.45) is 3.01. The van der Waals surface area contributed by atoms with Crippen LogP contribution in [0.3, 0.4) is 0 Å². The molecule has 0 radical (unpaired) electrons. The molecule has 0 aliphatic carbocycles. The lowest BCUT2D eigenvalue weighted by atomic mass is 10.2. The summed E-state index contributed by atoms with van der Waals surface area (Å²) in [4.78, 5) is 27.4. The smallest absolute Gasteiger partial charge is 0.337 e. The van der Waals surface area contributed by atoms with Gasteiger partial charge < -0.3 is 10.1 Å². The maximum Gasteiger partial charge on any atom is 0.337 e. The molecule has 0 amide bonds. The Morgan fingerprint density at radius 1 is 1.21 bits per heavy atom. The van der Waals surface area contributed by atoms with Crippen molar-refractivity contribution in [3.63, 3.8) is 0 Å². The number of rotatable bonds is 3. The molecule has 8 nitrogen and oxygen atoms in total. The predicted octanol–water partition coefficient (Wildman–Crippen LogP) is 2.40. The molecule has 2 N–H and O–H groups in total. The summed E-state index contributed by atoms with van der Waals surface area (Å²) in [5.74, 6) is -0.450. The summed E-state index contributed by atoms with van der Waals surface area (Å²) in [5, 5.41) is 15.0. The van der Waals surface area contributed by atoms with Crippen molar-refractivity contribution in [3.8, 4) is 11.5 Å². The van der Waals surface area contributed by atoms with E-state index < -0.39 is 5.97 Å². The van der Waals surface area contributed by atoms with Gasteiger partial charge in [0.2, 0.25) is 0 Å². The van der Waals surface area contributed by atoms with Crippen molar-refractivity contribution in [1.82, 2.24) is 29.7 Å². The first-order valence-corrected chi connectivity index (χ1v) is 7.49. The van der Waals surface area contributed by atoms with E-state index in [2.05, 4.69) is 25.0 Å². The predicted molar refractivity (Wildman–Crippen MR) is 87.8 cm³/mol. The lowest BCUT2D eigenvalue weighted by Gasteiger charge is -2.02. The van der Waals surface area contributed by atoms with Gasteiger partial charge in [0.25, 0.3) is 0 Å². The molecular formula is C16H14N6O2. The average Bonchev–Trinajstić information content (AvgIpc) is 3.13. The summed E-state index contributed by atoms with van der Waals surface area (Å²) >= 11 is 0. The van der Waals surface area contributed by atoms with E-state index in [1.54, 1.807) is 12.3 Å². The zero-order chi connectivity index (χ0) is 16.8. The van der Waals surface area contributed by atoms with E-state index in [-0.39, 0.29) is 5.56 Å². The van der Waals surface area contributed by atoms with Crippen LogP contribution in [0.25, 0.3) is 33.6 Å². The Bertz CT molecular complexity index is 1090. The van der Waals surface area contributed by atoms with E-state index >= 15 is 0 Å². The molecule has 0 aromatic carbocycles. The lowest BCUT2D eigenvalue weighted by molar-refractivity contribution is 0.0696. The molecule has 8 heteroatoms. The molecule has 0 saturated heterocycles. The third-order valence-electron chi connectivity index (χ3n) is 3.88. The SMILES string of the molecule is CCn1nc(C)cc1-c1ncc2c(n1)[nH]c1ncc(C(=O)O)cc12. The molecule has 4 aromatic heterocycles. The molecule has 0 atom stereocenters. The minimum Gasteiger partial charge on any atom is -0.478 e.